The van der Waals surface area contributed by atoms with Gasteiger partial charge < -0.3 is 14.8 Å². The predicted molar refractivity (Wildman–Crippen MR) is 60.5 cm³/mol. The minimum absolute atomic E-state index is 0.188. The molecule has 0 aliphatic carbocycles. The van der Waals surface area contributed by atoms with Crippen molar-refractivity contribution in [3.8, 4) is 5.88 Å². The van der Waals surface area contributed by atoms with E-state index in [1.54, 1.807) is 26.3 Å². The summed E-state index contributed by atoms with van der Waals surface area (Å²) in [5.41, 5.74) is 0.844. The van der Waals surface area contributed by atoms with Crippen LogP contribution in [0.4, 0.5) is 5.69 Å². The number of nitrogens with zero attached hydrogens (tertiary/aromatic N) is 1. The van der Waals surface area contributed by atoms with Crippen molar-refractivity contribution >= 4 is 11.7 Å². The highest BCUT2D eigenvalue weighted by Gasteiger charge is 2.12. The van der Waals surface area contributed by atoms with Gasteiger partial charge in [0.15, 0.2) is 0 Å². The van der Waals surface area contributed by atoms with Gasteiger partial charge in [0.2, 0.25) is 5.88 Å². The van der Waals surface area contributed by atoms with Gasteiger partial charge in [-0.05, 0) is 6.07 Å². The standard InChI is InChI=1S/C11H16N2O3/c1-8(11(14)16-3)6-12-9-4-5-10(15-2)13-7-9/h4-5,7-8,12H,6H2,1-3H3. The van der Waals surface area contributed by atoms with Crippen molar-refractivity contribution in [2.75, 3.05) is 26.1 Å². The third-order valence-electron chi connectivity index (χ3n) is 2.16. The SMILES string of the molecule is COC(=O)C(C)CNc1ccc(OC)nc1. The number of nitrogens with one attached hydrogen (secondary N) is 1. The maximum atomic E-state index is 11.1. The van der Waals surface area contributed by atoms with Crippen molar-refractivity contribution < 1.29 is 14.3 Å². The number of hydrogen-bond donors (Lipinski definition) is 1. The van der Waals surface area contributed by atoms with E-state index in [2.05, 4.69) is 15.0 Å². The number of anilines is 1. The predicted octanol–water partition coefficient (Wildman–Crippen LogP) is 1.31. The normalized spacial score (nSPS) is 11.7. The number of esters is 1. The molecule has 16 heavy (non-hydrogen) atoms. The molecule has 0 radical (unpaired) electrons. The summed E-state index contributed by atoms with van der Waals surface area (Å²) in [6.45, 7) is 2.32. The third-order valence-corrected chi connectivity index (χ3v) is 2.16. The molecule has 0 saturated carbocycles. The van der Waals surface area contributed by atoms with E-state index >= 15 is 0 Å². The van der Waals surface area contributed by atoms with Crippen molar-refractivity contribution in [2.24, 2.45) is 5.92 Å². The summed E-state index contributed by atoms with van der Waals surface area (Å²) in [5.74, 6) is 0.146. The van der Waals surface area contributed by atoms with Crippen LogP contribution in [0.1, 0.15) is 6.92 Å². The highest BCUT2D eigenvalue weighted by Crippen LogP contribution is 2.11. The van der Waals surface area contributed by atoms with Crippen LogP contribution in [0, 0.1) is 5.92 Å². The van der Waals surface area contributed by atoms with Gasteiger partial charge in [0.25, 0.3) is 0 Å². The van der Waals surface area contributed by atoms with E-state index in [1.807, 2.05) is 6.07 Å². The number of carbonyl (C=O) groups excluding carboxylic acids is 1. The zero-order valence-corrected chi connectivity index (χ0v) is 9.69. The van der Waals surface area contributed by atoms with E-state index in [0.717, 1.165) is 5.69 Å². The minimum atomic E-state index is -0.228. The second-order valence-corrected chi connectivity index (χ2v) is 3.39. The van der Waals surface area contributed by atoms with Crippen LogP contribution in [-0.2, 0) is 9.53 Å². The molecule has 0 fully saturated rings. The van der Waals surface area contributed by atoms with Gasteiger partial charge >= 0.3 is 5.97 Å². The van der Waals surface area contributed by atoms with Gasteiger partial charge in [0.1, 0.15) is 0 Å². The number of pyridine rings is 1. The fraction of sp³-hybridized carbons (Fsp3) is 0.455. The van der Waals surface area contributed by atoms with Gasteiger partial charge in [-0.25, -0.2) is 4.98 Å². The molecule has 0 aliphatic heterocycles. The van der Waals surface area contributed by atoms with Crippen LogP contribution in [0.15, 0.2) is 18.3 Å². The molecule has 5 nitrogen and oxygen atoms in total. The maximum absolute atomic E-state index is 11.1. The van der Waals surface area contributed by atoms with E-state index in [4.69, 9.17) is 4.74 Å². The fourth-order valence-electron chi connectivity index (χ4n) is 1.16. The van der Waals surface area contributed by atoms with Crippen molar-refractivity contribution in [1.29, 1.82) is 0 Å². The van der Waals surface area contributed by atoms with Gasteiger partial charge in [-0.1, -0.05) is 6.92 Å². The zero-order chi connectivity index (χ0) is 12.0. The number of methoxy groups -OCH3 is 2. The highest BCUT2D eigenvalue weighted by atomic mass is 16.5. The summed E-state index contributed by atoms with van der Waals surface area (Å²) in [7, 11) is 2.95. The topological polar surface area (TPSA) is 60.5 Å². The molecule has 1 atom stereocenters. The summed E-state index contributed by atoms with van der Waals surface area (Å²) in [4.78, 5) is 15.2. The Kier molecular flexibility index (Phi) is 4.57. The van der Waals surface area contributed by atoms with Crippen molar-refractivity contribution in [1.82, 2.24) is 4.98 Å². The Hall–Kier alpha value is -1.78. The number of rotatable bonds is 5. The zero-order valence-electron chi connectivity index (χ0n) is 9.69. The van der Waals surface area contributed by atoms with Crippen LogP contribution in [0.25, 0.3) is 0 Å². The monoisotopic (exact) mass is 224 g/mol. The Bertz CT molecular complexity index is 338. The van der Waals surface area contributed by atoms with E-state index in [1.165, 1.54) is 7.11 Å². The van der Waals surface area contributed by atoms with Gasteiger partial charge in [-0.3, -0.25) is 4.79 Å². The lowest BCUT2D eigenvalue weighted by Gasteiger charge is -2.11. The molecule has 1 aromatic rings. The molecule has 1 heterocycles. The van der Waals surface area contributed by atoms with Gasteiger partial charge in [-0.2, -0.15) is 0 Å². The second kappa shape index (κ2) is 5.95. The van der Waals surface area contributed by atoms with Crippen LogP contribution in [0.2, 0.25) is 0 Å². The third kappa shape index (κ3) is 3.42. The molecule has 1 unspecified atom stereocenters. The lowest BCUT2D eigenvalue weighted by Crippen LogP contribution is -2.21. The molecule has 0 bridgehead atoms. The average molecular weight is 224 g/mol. The van der Waals surface area contributed by atoms with Gasteiger partial charge in [0.05, 0.1) is 32.0 Å². The molecule has 5 heteroatoms. The van der Waals surface area contributed by atoms with E-state index in [0.29, 0.717) is 12.4 Å². The number of carbonyl (C=O) groups is 1. The molecular weight excluding hydrogens is 208 g/mol. The lowest BCUT2D eigenvalue weighted by atomic mass is 10.2. The van der Waals surface area contributed by atoms with E-state index in [-0.39, 0.29) is 11.9 Å². The molecular formula is C11H16N2O3. The number of ether oxygens (including phenoxy) is 2. The minimum Gasteiger partial charge on any atom is -0.481 e. The average Bonchev–Trinajstić information content (AvgIpc) is 2.35. The molecule has 1 N–H and O–H groups in total. The quantitative estimate of drug-likeness (QED) is 0.764. The number of aromatic nitrogens is 1. The fourth-order valence-corrected chi connectivity index (χ4v) is 1.16. The Morgan fingerprint density at radius 1 is 1.50 bits per heavy atom. The molecule has 1 aromatic heterocycles. The van der Waals surface area contributed by atoms with Crippen molar-refractivity contribution in [2.45, 2.75) is 6.92 Å². The summed E-state index contributed by atoms with van der Waals surface area (Å²) in [5, 5.41) is 3.09. The summed E-state index contributed by atoms with van der Waals surface area (Å²) in [6, 6.07) is 3.60. The molecule has 0 spiro atoms. The molecule has 0 aromatic carbocycles. The van der Waals surface area contributed by atoms with Gasteiger partial charge in [-0.15, -0.1) is 0 Å². The Morgan fingerprint density at radius 2 is 2.25 bits per heavy atom. The van der Waals surface area contributed by atoms with E-state index in [9.17, 15) is 4.79 Å². The lowest BCUT2D eigenvalue weighted by molar-refractivity contribution is -0.144. The van der Waals surface area contributed by atoms with Crippen LogP contribution in [0.5, 0.6) is 5.88 Å². The number of hydrogen-bond acceptors (Lipinski definition) is 5. The van der Waals surface area contributed by atoms with E-state index < -0.39 is 0 Å². The van der Waals surface area contributed by atoms with Crippen molar-refractivity contribution in [3.05, 3.63) is 18.3 Å². The first-order valence-corrected chi connectivity index (χ1v) is 4.99. The molecule has 0 amide bonds. The highest BCUT2D eigenvalue weighted by molar-refractivity contribution is 5.72. The first kappa shape index (κ1) is 12.3. The molecule has 0 saturated heterocycles. The largest absolute Gasteiger partial charge is 0.481 e. The van der Waals surface area contributed by atoms with Crippen LogP contribution in [-0.4, -0.2) is 31.7 Å². The smallest absolute Gasteiger partial charge is 0.310 e. The molecule has 1 rings (SSSR count). The van der Waals surface area contributed by atoms with Crippen LogP contribution >= 0.6 is 0 Å². The first-order chi connectivity index (χ1) is 7.67. The van der Waals surface area contributed by atoms with Crippen LogP contribution in [0.3, 0.4) is 0 Å². The van der Waals surface area contributed by atoms with Crippen LogP contribution < -0.4 is 10.1 Å². The summed E-state index contributed by atoms with van der Waals surface area (Å²) < 4.78 is 9.56. The van der Waals surface area contributed by atoms with Crippen molar-refractivity contribution in [3.63, 3.8) is 0 Å². The maximum Gasteiger partial charge on any atom is 0.310 e. The molecule has 88 valence electrons. The Balaban J connectivity index is 2.45. The first-order valence-electron chi connectivity index (χ1n) is 4.99. The Labute approximate surface area is 94.8 Å². The summed E-state index contributed by atoms with van der Waals surface area (Å²) in [6.07, 6.45) is 1.66. The van der Waals surface area contributed by atoms with Gasteiger partial charge in [0, 0.05) is 12.6 Å². The second-order valence-electron chi connectivity index (χ2n) is 3.39. The summed E-state index contributed by atoms with van der Waals surface area (Å²) >= 11 is 0. The molecule has 0 aliphatic rings. The Morgan fingerprint density at radius 3 is 2.75 bits per heavy atom.